The van der Waals surface area contributed by atoms with Crippen LogP contribution in [0, 0.1) is 18.7 Å². The van der Waals surface area contributed by atoms with E-state index in [1.165, 1.54) is 12.1 Å². The minimum atomic E-state index is -0.341. The maximum absolute atomic E-state index is 13.7. The fourth-order valence-electron chi connectivity index (χ4n) is 4.06. The summed E-state index contributed by atoms with van der Waals surface area (Å²) in [5, 5.41) is 4.69. The SMILES string of the molecule is CCOC(=O)[C@H]1CCCN(C(=O)c2c(C3CC3)nn(-c3cccc(F)c3)c2C)C1. The lowest BCUT2D eigenvalue weighted by Crippen LogP contribution is -2.43. The Balaban J connectivity index is 1.65. The molecule has 0 unspecified atom stereocenters. The molecule has 0 spiro atoms. The number of rotatable bonds is 5. The van der Waals surface area contributed by atoms with Crippen LogP contribution >= 0.6 is 0 Å². The third-order valence-electron chi connectivity index (χ3n) is 5.70. The van der Waals surface area contributed by atoms with E-state index in [2.05, 4.69) is 0 Å². The van der Waals surface area contributed by atoms with Crippen molar-refractivity contribution in [3.8, 4) is 5.69 Å². The van der Waals surface area contributed by atoms with E-state index in [4.69, 9.17) is 9.84 Å². The lowest BCUT2D eigenvalue weighted by Gasteiger charge is -2.31. The minimum absolute atomic E-state index is 0.0962. The van der Waals surface area contributed by atoms with Crippen LogP contribution in [0.5, 0.6) is 0 Å². The standard InChI is InChI=1S/C22H26FN3O3/c1-3-29-22(28)16-6-5-11-25(13-16)21(27)19-14(2)26(24-20(19)15-9-10-15)18-8-4-7-17(23)12-18/h4,7-8,12,15-16H,3,5-6,9-11,13H2,1-2H3/t16-/m0/s1. The second-order valence-corrected chi connectivity index (χ2v) is 7.85. The highest BCUT2D eigenvalue weighted by Crippen LogP contribution is 2.42. The Labute approximate surface area is 169 Å². The lowest BCUT2D eigenvalue weighted by molar-refractivity contribution is -0.149. The zero-order chi connectivity index (χ0) is 20.5. The number of likely N-dealkylation sites (tertiary alicyclic amines) is 1. The summed E-state index contributed by atoms with van der Waals surface area (Å²) in [6.45, 7) is 4.96. The number of carbonyl (C=O) groups is 2. The van der Waals surface area contributed by atoms with Crippen LogP contribution in [0.25, 0.3) is 5.69 Å². The van der Waals surface area contributed by atoms with Crippen LogP contribution in [-0.4, -0.2) is 46.3 Å². The second kappa shape index (κ2) is 7.97. The largest absolute Gasteiger partial charge is 0.466 e. The zero-order valence-electron chi connectivity index (χ0n) is 16.9. The quantitative estimate of drug-likeness (QED) is 0.721. The molecule has 2 aromatic rings. The molecule has 0 N–H and O–H groups in total. The van der Waals surface area contributed by atoms with Gasteiger partial charge in [-0.15, -0.1) is 0 Å². The molecular formula is C22H26FN3O3. The van der Waals surface area contributed by atoms with E-state index in [9.17, 15) is 14.0 Å². The molecule has 1 aliphatic carbocycles. The summed E-state index contributed by atoms with van der Waals surface area (Å²) < 4.78 is 20.6. The maximum Gasteiger partial charge on any atom is 0.310 e. The van der Waals surface area contributed by atoms with Crippen LogP contribution in [0.2, 0.25) is 0 Å². The number of esters is 1. The molecule has 1 aliphatic heterocycles. The first kappa shape index (κ1) is 19.6. The van der Waals surface area contributed by atoms with Gasteiger partial charge in [0.05, 0.1) is 35.2 Å². The number of halogens is 1. The highest BCUT2D eigenvalue weighted by atomic mass is 19.1. The molecule has 0 radical (unpaired) electrons. The van der Waals surface area contributed by atoms with Gasteiger partial charge in [-0.2, -0.15) is 5.10 Å². The van der Waals surface area contributed by atoms with E-state index in [1.54, 1.807) is 28.6 Å². The van der Waals surface area contributed by atoms with E-state index in [0.29, 0.717) is 36.6 Å². The monoisotopic (exact) mass is 399 g/mol. The highest BCUT2D eigenvalue weighted by molar-refractivity contribution is 5.97. The van der Waals surface area contributed by atoms with Gasteiger partial charge in [0.2, 0.25) is 0 Å². The summed E-state index contributed by atoms with van der Waals surface area (Å²) in [6.07, 6.45) is 3.52. The smallest absolute Gasteiger partial charge is 0.310 e. The van der Waals surface area contributed by atoms with E-state index in [0.717, 1.165) is 31.4 Å². The molecule has 1 amide bonds. The van der Waals surface area contributed by atoms with Crippen molar-refractivity contribution < 1.29 is 18.7 Å². The topological polar surface area (TPSA) is 64.4 Å². The fraction of sp³-hybridized carbons (Fsp3) is 0.500. The van der Waals surface area contributed by atoms with Crippen LogP contribution < -0.4 is 0 Å². The Morgan fingerprint density at radius 1 is 1.28 bits per heavy atom. The van der Waals surface area contributed by atoms with Crippen LogP contribution in [0.4, 0.5) is 4.39 Å². The van der Waals surface area contributed by atoms with Gasteiger partial charge in [0, 0.05) is 19.0 Å². The number of carbonyl (C=O) groups excluding carboxylic acids is 2. The van der Waals surface area contributed by atoms with Gasteiger partial charge in [-0.25, -0.2) is 9.07 Å². The van der Waals surface area contributed by atoms with Crippen LogP contribution in [0.15, 0.2) is 24.3 Å². The van der Waals surface area contributed by atoms with Gasteiger partial charge in [0.1, 0.15) is 5.82 Å². The van der Waals surface area contributed by atoms with E-state index >= 15 is 0 Å². The number of ether oxygens (including phenoxy) is 1. The number of nitrogens with zero attached hydrogens (tertiary/aromatic N) is 3. The van der Waals surface area contributed by atoms with Crippen LogP contribution in [0.3, 0.4) is 0 Å². The molecule has 1 aromatic carbocycles. The fourth-order valence-corrected chi connectivity index (χ4v) is 4.06. The highest BCUT2D eigenvalue weighted by Gasteiger charge is 2.37. The average Bonchev–Trinajstić information content (AvgIpc) is 3.50. The molecule has 2 heterocycles. The van der Waals surface area contributed by atoms with Gasteiger partial charge in [-0.3, -0.25) is 9.59 Å². The molecule has 6 nitrogen and oxygen atoms in total. The molecule has 1 atom stereocenters. The van der Waals surface area contributed by atoms with Crippen molar-refractivity contribution in [2.24, 2.45) is 5.92 Å². The third kappa shape index (κ3) is 3.91. The van der Waals surface area contributed by atoms with Gasteiger partial charge in [0.25, 0.3) is 5.91 Å². The molecule has 7 heteroatoms. The van der Waals surface area contributed by atoms with E-state index in [1.807, 2.05) is 6.92 Å². The zero-order valence-corrected chi connectivity index (χ0v) is 16.9. The van der Waals surface area contributed by atoms with Crippen molar-refractivity contribution in [1.29, 1.82) is 0 Å². The third-order valence-corrected chi connectivity index (χ3v) is 5.70. The molecule has 0 bridgehead atoms. The van der Waals surface area contributed by atoms with Crippen molar-refractivity contribution in [3.05, 3.63) is 47.0 Å². The summed E-state index contributed by atoms with van der Waals surface area (Å²) in [5.74, 6) is -0.684. The predicted molar refractivity (Wildman–Crippen MR) is 105 cm³/mol. The molecule has 1 saturated heterocycles. The Hall–Kier alpha value is -2.70. The molecule has 4 rings (SSSR count). The molecule has 1 aromatic heterocycles. The van der Waals surface area contributed by atoms with Crippen molar-refractivity contribution in [1.82, 2.24) is 14.7 Å². The number of benzene rings is 1. The number of hydrogen-bond acceptors (Lipinski definition) is 4. The van der Waals surface area contributed by atoms with Gasteiger partial charge >= 0.3 is 5.97 Å². The summed E-state index contributed by atoms with van der Waals surface area (Å²) in [5.41, 5.74) is 2.70. The van der Waals surface area contributed by atoms with E-state index < -0.39 is 0 Å². The van der Waals surface area contributed by atoms with Crippen molar-refractivity contribution >= 4 is 11.9 Å². The summed E-state index contributed by atoms with van der Waals surface area (Å²) in [7, 11) is 0. The Bertz CT molecular complexity index is 935. The molecule has 154 valence electrons. The Morgan fingerprint density at radius 3 is 2.76 bits per heavy atom. The molecule has 29 heavy (non-hydrogen) atoms. The summed E-state index contributed by atoms with van der Waals surface area (Å²) in [6, 6.07) is 6.23. The first-order valence-corrected chi connectivity index (χ1v) is 10.3. The first-order valence-electron chi connectivity index (χ1n) is 10.3. The van der Waals surface area contributed by atoms with Crippen LogP contribution in [-0.2, 0) is 9.53 Å². The number of hydrogen-bond donors (Lipinski definition) is 0. The number of piperidine rings is 1. The maximum atomic E-state index is 13.7. The Kier molecular flexibility index (Phi) is 5.39. The van der Waals surface area contributed by atoms with Gasteiger partial charge < -0.3 is 9.64 Å². The van der Waals surface area contributed by atoms with Crippen molar-refractivity contribution in [2.75, 3.05) is 19.7 Å². The summed E-state index contributed by atoms with van der Waals surface area (Å²) in [4.78, 5) is 27.4. The molecule has 2 fully saturated rings. The molecule has 2 aliphatic rings. The van der Waals surface area contributed by atoms with Gasteiger partial charge in [0.15, 0.2) is 0 Å². The van der Waals surface area contributed by atoms with Gasteiger partial charge in [-0.1, -0.05) is 6.07 Å². The Morgan fingerprint density at radius 2 is 2.07 bits per heavy atom. The molecular weight excluding hydrogens is 373 g/mol. The van der Waals surface area contributed by atoms with E-state index in [-0.39, 0.29) is 29.5 Å². The molecule has 1 saturated carbocycles. The van der Waals surface area contributed by atoms with Crippen LogP contribution in [0.1, 0.15) is 60.3 Å². The normalized spacial score (nSPS) is 19.3. The number of aromatic nitrogens is 2. The first-order chi connectivity index (χ1) is 14.0. The predicted octanol–water partition coefficient (Wildman–Crippen LogP) is 3.61. The lowest BCUT2D eigenvalue weighted by atomic mass is 9.97. The second-order valence-electron chi connectivity index (χ2n) is 7.85. The minimum Gasteiger partial charge on any atom is -0.466 e. The average molecular weight is 399 g/mol. The summed E-state index contributed by atoms with van der Waals surface area (Å²) >= 11 is 0. The van der Waals surface area contributed by atoms with Crippen molar-refractivity contribution in [2.45, 2.75) is 45.4 Å². The van der Waals surface area contributed by atoms with Crippen molar-refractivity contribution in [3.63, 3.8) is 0 Å². The van der Waals surface area contributed by atoms with Gasteiger partial charge in [-0.05, 0) is 57.7 Å². The number of amides is 1.